The molecule has 0 spiro atoms. The maximum absolute atomic E-state index is 13.5. The Hall–Kier alpha value is -2.60. The van der Waals surface area contributed by atoms with Crippen molar-refractivity contribution in [1.29, 1.82) is 0 Å². The first kappa shape index (κ1) is 15.5. The lowest BCUT2D eigenvalue weighted by Gasteiger charge is -2.60. The summed E-state index contributed by atoms with van der Waals surface area (Å²) in [7, 11) is 2.25. The van der Waals surface area contributed by atoms with E-state index in [4.69, 9.17) is 4.42 Å². The molecule has 1 aromatic carbocycles. The molecule has 1 N–H and O–H groups in total. The third kappa shape index (κ3) is 2.16. The highest BCUT2D eigenvalue weighted by Gasteiger charge is 2.51. The van der Waals surface area contributed by atoms with Gasteiger partial charge in [0.2, 0.25) is 0 Å². The molecule has 1 amide bonds. The summed E-state index contributed by atoms with van der Waals surface area (Å²) in [6.07, 6.45) is 7.77. The van der Waals surface area contributed by atoms with Gasteiger partial charge in [-0.25, -0.2) is 0 Å². The van der Waals surface area contributed by atoms with E-state index in [1.165, 1.54) is 0 Å². The van der Waals surface area contributed by atoms with Gasteiger partial charge in [-0.15, -0.1) is 0 Å². The quantitative estimate of drug-likeness (QED) is 0.760. The Labute approximate surface area is 157 Å². The zero-order valence-corrected chi connectivity index (χ0v) is 15.3. The molecule has 0 radical (unpaired) electrons. The molecule has 7 rings (SSSR count). The number of carbonyl (C=O) groups is 1. The number of hydrogen-bond donors (Lipinski definition) is 1. The number of aromatic amines is 1. The third-order valence-electron chi connectivity index (χ3n) is 6.97. The Morgan fingerprint density at radius 2 is 1.81 bits per heavy atom. The zero-order chi connectivity index (χ0) is 18.1. The van der Waals surface area contributed by atoms with E-state index in [1.54, 1.807) is 12.5 Å². The standard InChI is InChI=1S/C21H22N4O2/c1-24-14-7-16-9-15(24)10-17(8-14)25(16)21(26)20-18-6-12(13-4-5-27-11-13)2-3-19(18)22-23-20/h2-6,11,14-17H,7-10H2,1H3,(H,22,23). The summed E-state index contributed by atoms with van der Waals surface area (Å²) in [5.74, 6) is 0.0852. The highest BCUT2D eigenvalue weighted by Crippen LogP contribution is 2.44. The molecule has 0 saturated carbocycles. The van der Waals surface area contributed by atoms with Crippen LogP contribution in [0.5, 0.6) is 0 Å². The van der Waals surface area contributed by atoms with Gasteiger partial charge >= 0.3 is 0 Å². The van der Waals surface area contributed by atoms with Gasteiger partial charge in [-0.2, -0.15) is 5.10 Å². The molecule has 4 bridgehead atoms. The van der Waals surface area contributed by atoms with Crippen LogP contribution in [-0.4, -0.2) is 57.1 Å². The van der Waals surface area contributed by atoms with E-state index in [0.29, 0.717) is 29.9 Å². The minimum absolute atomic E-state index is 0.0852. The smallest absolute Gasteiger partial charge is 0.275 e. The number of H-pyrrole nitrogens is 1. The predicted octanol–water partition coefficient (Wildman–Crippen LogP) is 3.27. The van der Waals surface area contributed by atoms with E-state index in [9.17, 15) is 4.79 Å². The highest BCUT2D eigenvalue weighted by atomic mass is 16.3. The van der Waals surface area contributed by atoms with E-state index in [1.807, 2.05) is 24.3 Å². The van der Waals surface area contributed by atoms with Crippen molar-refractivity contribution in [3.05, 3.63) is 42.5 Å². The number of benzene rings is 1. The fourth-order valence-electron chi connectivity index (χ4n) is 5.60. The Bertz CT molecular complexity index is 992. The third-order valence-corrected chi connectivity index (χ3v) is 6.97. The van der Waals surface area contributed by atoms with Crippen LogP contribution >= 0.6 is 0 Å². The second-order valence-corrected chi connectivity index (χ2v) is 8.28. The van der Waals surface area contributed by atoms with Crippen LogP contribution < -0.4 is 0 Å². The molecule has 4 aliphatic rings. The topological polar surface area (TPSA) is 65.4 Å². The molecule has 4 saturated heterocycles. The molecule has 0 aliphatic carbocycles. The number of piperidine rings is 4. The molecule has 27 heavy (non-hydrogen) atoms. The summed E-state index contributed by atoms with van der Waals surface area (Å²) in [5.41, 5.74) is 3.49. The first-order valence-corrected chi connectivity index (χ1v) is 9.74. The number of hydrogen-bond acceptors (Lipinski definition) is 4. The minimum atomic E-state index is 0.0852. The van der Waals surface area contributed by atoms with Gasteiger partial charge < -0.3 is 14.2 Å². The maximum atomic E-state index is 13.5. The maximum Gasteiger partial charge on any atom is 0.275 e. The number of amides is 1. The Morgan fingerprint density at radius 3 is 2.48 bits per heavy atom. The lowest BCUT2D eigenvalue weighted by molar-refractivity contribution is -0.0792. The summed E-state index contributed by atoms with van der Waals surface area (Å²) in [6.45, 7) is 0. The summed E-state index contributed by atoms with van der Waals surface area (Å²) in [4.78, 5) is 18.2. The summed E-state index contributed by atoms with van der Waals surface area (Å²) >= 11 is 0. The molecular weight excluding hydrogens is 340 g/mol. The molecule has 0 unspecified atom stereocenters. The molecule has 6 heteroatoms. The first-order valence-electron chi connectivity index (χ1n) is 9.74. The van der Waals surface area contributed by atoms with E-state index < -0.39 is 0 Å². The van der Waals surface area contributed by atoms with E-state index in [-0.39, 0.29) is 5.91 Å². The number of nitrogens with zero attached hydrogens (tertiary/aromatic N) is 3. The molecule has 6 nitrogen and oxygen atoms in total. The van der Waals surface area contributed by atoms with Crippen molar-refractivity contribution in [2.75, 3.05) is 7.05 Å². The van der Waals surface area contributed by atoms with Gasteiger partial charge in [0.25, 0.3) is 5.91 Å². The first-order chi connectivity index (χ1) is 13.2. The number of rotatable bonds is 2. The lowest BCUT2D eigenvalue weighted by atomic mass is 9.73. The summed E-state index contributed by atoms with van der Waals surface area (Å²) in [6, 6.07) is 9.99. The number of carbonyl (C=O) groups excluding carboxylic acids is 1. The number of fused-ring (bicyclic) bond motifs is 1. The molecule has 138 valence electrons. The average molecular weight is 362 g/mol. The average Bonchev–Trinajstić information content (AvgIpc) is 3.33. The predicted molar refractivity (Wildman–Crippen MR) is 101 cm³/mol. The van der Waals surface area contributed by atoms with Gasteiger partial charge in [-0.05, 0) is 56.5 Å². The largest absolute Gasteiger partial charge is 0.472 e. The van der Waals surface area contributed by atoms with Crippen LogP contribution in [0.15, 0.2) is 41.2 Å². The number of nitrogens with one attached hydrogen (secondary N) is 1. The van der Waals surface area contributed by atoms with Crippen LogP contribution in [0, 0.1) is 0 Å². The van der Waals surface area contributed by atoms with Crippen LogP contribution in [0.2, 0.25) is 0 Å². The van der Waals surface area contributed by atoms with Gasteiger partial charge in [0.15, 0.2) is 5.69 Å². The van der Waals surface area contributed by atoms with Crippen molar-refractivity contribution in [3.63, 3.8) is 0 Å². The molecule has 0 atom stereocenters. The van der Waals surface area contributed by atoms with E-state index in [0.717, 1.165) is 47.7 Å². The molecule has 2 aromatic heterocycles. The van der Waals surface area contributed by atoms with Crippen LogP contribution in [0.3, 0.4) is 0 Å². The van der Waals surface area contributed by atoms with Crippen molar-refractivity contribution in [2.45, 2.75) is 49.9 Å². The van der Waals surface area contributed by atoms with Crippen molar-refractivity contribution >= 4 is 16.8 Å². The Balaban J connectivity index is 1.38. The van der Waals surface area contributed by atoms with Crippen molar-refractivity contribution in [2.24, 2.45) is 0 Å². The number of aromatic nitrogens is 2. The van der Waals surface area contributed by atoms with Gasteiger partial charge in [-0.1, -0.05) is 6.07 Å². The molecular formula is C21H22N4O2. The monoisotopic (exact) mass is 362 g/mol. The normalized spacial score (nSPS) is 29.7. The van der Waals surface area contributed by atoms with Crippen molar-refractivity contribution in [3.8, 4) is 11.1 Å². The van der Waals surface area contributed by atoms with Crippen LogP contribution in [0.25, 0.3) is 22.0 Å². The molecule has 4 aliphatic heterocycles. The van der Waals surface area contributed by atoms with Crippen molar-refractivity contribution < 1.29 is 9.21 Å². The molecule has 4 fully saturated rings. The fraction of sp³-hybridized carbons (Fsp3) is 0.429. The second kappa shape index (κ2) is 5.45. The van der Waals surface area contributed by atoms with E-state index in [2.05, 4.69) is 27.0 Å². The summed E-state index contributed by atoms with van der Waals surface area (Å²) < 4.78 is 5.21. The van der Waals surface area contributed by atoms with E-state index >= 15 is 0 Å². The SMILES string of the molecule is CN1C2CC3CC1CC(C2)N3C(=O)c1n[nH]c2ccc(-c3ccoc3)cc12. The Morgan fingerprint density at radius 1 is 1.07 bits per heavy atom. The second-order valence-electron chi connectivity index (χ2n) is 8.28. The minimum Gasteiger partial charge on any atom is -0.472 e. The van der Waals surface area contributed by atoms with Crippen molar-refractivity contribution in [1.82, 2.24) is 20.0 Å². The van der Waals surface area contributed by atoms with Crippen LogP contribution in [-0.2, 0) is 0 Å². The lowest BCUT2D eigenvalue weighted by Crippen LogP contribution is -2.68. The summed E-state index contributed by atoms with van der Waals surface area (Å²) in [5, 5.41) is 8.35. The zero-order valence-electron chi connectivity index (χ0n) is 15.3. The molecule has 6 heterocycles. The van der Waals surface area contributed by atoms with Gasteiger partial charge in [-0.3, -0.25) is 9.89 Å². The van der Waals surface area contributed by atoms with Crippen LogP contribution in [0.4, 0.5) is 0 Å². The van der Waals surface area contributed by atoms with Gasteiger partial charge in [0, 0.05) is 35.1 Å². The van der Waals surface area contributed by atoms with Crippen LogP contribution in [0.1, 0.15) is 36.2 Å². The molecule has 3 aromatic rings. The van der Waals surface area contributed by atoms with Gasteiger partial charge in [0.05, 0.1) is 18.0 Å². The fourth-order valence-corrected chi connectivity index (χ4v) is 5.60. The number of furan rings is 1. The van der Waals surface area contributed by atoms with Gasteiger partial charge in [0.1, 0.15) is 0 Å². The highest BCUT2D eigenvalue weighted by molar-refractivity contribution is 6.06. The Kier molecular flexibility index (Phi) is 3.12.